The van der Waals surface area contributed by atoms with E-state index < -0.39 is 0 Å². The topological polar surface area (TPSA) is 44.6 Å². The lowest BCUT2D eigenvalue weighted by molar-refractivity contribution is -0.600. The van der Waals surface area contributed by atoms with Crippen LogP contribution in [0.2, 0.25) is 0 Å². The maximum atomic E-state index is 11.5. The summed E-state index contributed by atoms with van der Waals surface area (Å²) < 4.78 is 6.43. The van der Waals surface area contributed by atoms with E-state index in [9.17, 15) is 4.91 Å². The lowest BCUT2D eigenvalue weighted by Crippen LogP contribution is -2.53. The van der Waals surface area contributed by atoms with Gasteiger partial charge in [-0.25, -0.2) is 0 Å². The molecular formula is C9H18N3O2+. The van der Waals surface area contributed by atoms with Gasteiger partial charge in [-0.15, -0.1) is 0 Å². The predicted octanol–water partition coefficient (Wildman–Crippen LogP) is -0.583. The molecule has 80 valence electrons. The Bertz CT molecular complexity index is 204. The number of ether oxygens (including phenoxy) is 1. The molecule has 5 nitrogen and oxygen atoms in total. The fraction of sp³-hybridized carbons (Fsp3) is 1.00. The Hall–Kier alpha value is -0.520. The van der Waals surface area contributed by atoms with Gasteiger partial charge in [0, 0.05) is 35.7 Å². The SMILES string of the molecule is O=[N+]1CCCNC1CN1CCOCC1. The molecule has 1 unspecified atom stereocenters. The minimum absolute atomic E-state index is 0.0122. The van der Waals surface area contributed by atoms with E-state index in [0.717, 1.165) is 45.8 Å². The molecule has 0 spiro atoms. The fourth-order valence-corrected chi connectivity index (χ4v) is 1.95. The van der Waals surface area contributed by atoms with E-state index in [1.165, 1.54) is 4.76 Å². The Morgan fingerprint density at radius 1 is 1.43 bits per heavy atom. The normalized spacial score (nSPS) is 30.6. The molecule has 0 aliphatic carbocycles. The number of rotatable bonds is 2. The van der Waals surface area contributed by atoms with Crippen molar-refractivity contribution in [2.75, 3.05) is 45.9 Å². The summed E-state index contributed by atoms with van der Waals surface area (Å²) in [6.45, 7) is 5.96. The highest BCUT2D eigenvalue weighted by Crippen LogP contribution is 2.02. The second kappa shape index (κ2) is 4.82. The number of morpholine rings is 1. The van der Waals surface area contributed by atoms with Crippen molar-refractivity contribution in [3.63, 3.8) is 0 Å². The third-order valence-corrected chi connectivity index (χ3v) is 2.82. The van der Waals surface area contributed by atoms with E-state index in [0.29, 0.717) is 6.54 Å². The maximum absolute atomic E-state index is 11.5. The van der Waals surface area contributed by atoms with Crippen molar-refractivity contribution in [3.05, 3.63) is 4.91 Å². The van der Waals surface area contributed by atoms with Crippen molar-refractivity contribution in [2.24, 2.45) is 0 Å². The monoisotopic (exact) mass is 200 g/mol. The van der Waals surface area contributed by atoms with Gasteiger partial charge in [-0.2, -0.15) is 0 Å². The first-order valence-corrected chi connectivity index (χ1v) is 5.33. The first kappa shape index (κ1) is 10.0. The molecule has 5 heteroatoms. The lowest BCUT2D eigenvalue weighted by Gasteiger charge is -2.28. The van der Waals surface area contributed by atoms with Crippen LogP contribution in [0, 0.1) is 4.91 Å². The zero-order chi connectivity index (χ0) is 9.80. The number of hydrogen-bond acceptors (Lipinski definition) is 4. The Morgan fingerprint density at radius 3 is 2.93 bits per heavy atom. The average molecular weight is 200 g/mol. The highest BCUT2D eigenvalue weighted by Gasteiger charge is 2.30. The summed E-state index contributed by atoms with van der Waals surface area (Å²) in [5.74, 6) is 0. The van der Waals surface area contributed by atoms with Crippen LogP contribution in [0.1, 0.15) is 6.42 Å². The Labute approximate surface area is 84.0 Å². The first-order chi connectivity index (χ1) is 6.86. The fourth-order valence-electron chi connectivity index (χ4n) is 1.95. The summed E-state index contributed by atoms with van der Waals surface area (Å²) >= 11 is 0. The molecule has 2 aliphatic rings. The van der Waals surface area contributed by atoms with Crippen LogP contribution >= 0.6 is 0 Å². The van der Waals surface area contributed by atoms with E-state index >= 15 is 0 Å². The molecular weight excluding hydrogens is 182 g/mol. The minimum Gasteiger partial charge on any atom is -0.379 e. The summed E-state index contributed by atoms with van der Waals surface area (Å²) in [4.78, 5) is 13.8. The maximum Gasteiger partial charge on any atom is 0.267 e. The van der Waals surface area contributed by atoms with Crippen LogP contribution in [-0.4, -0.2) is 61.8 Å². The Balaban J connectivity index is 1.79. The van der Waals surface area contributed by atoms with Gasteiger partial charge >= 0.3 is 0 Å². The van der Waals surface area contributed by atoms with Crippen LogP contribution < -0.4 is 5.32 Å². The summed E-state index contributed by atoms with van der Waals surface area (Å²) in [7, 11) is 0. The molecule has 14 heavy (non-hydrogen) atoms. The first-order valence-electron chi connectivity index (χ1n) is 5.33. The standard InChI is InChI=1S/C9H18N3O2/c13-12-3-1-2-10-9(12)8-11-4-6-14-7-5-11/h9-10H,1-8H2/q+1. The Kier molecular flexibility index (Phi) is 3.44. The van der Waals surface area contributed by atoms with E-state index in [1.54, 1.807) is 0 Å². The summed E-state index contributed by atoms with van der Waals surface area (Å²) in [5, 5.41) is 3.25. The zero-order valence-electron chi connectivity index (χ0n) is 8.45. The van der Waals surface area contributed by atoms with E-state index in [4.69, 9.17) is 4.74 Å². The van der Waals surface area contributed by atoms with Crippen LogP contribution in [0.25, 0.3) is 0 Å². The van der Waals surface area contributed by atoms with Gasteiger partial charge in [-0.05, 0) is 0 Å². The number of hydrogen-bond donors (Lipinski definition) is 1. The summed E-state index contributed by atoms with van der Waals surface area (Å²) in [6, 6.07) is 0. The minimum atomic E-state index is -0.0122. The molecule has 2 rings (SSSR count). The predicted molar refractivity (Wildman–Crippen MR) is 52.2 cm³/mol. The second-order valence-electron chi connectivity index (χ2n) is 3.88. The third-order valence-electron chi connectivity index (χ3n) is 2.82. The van der Waals surface area contributed by atoms with Crippen LogP contribution in [0.15, 0.2) is 0 Å². The Morgan fingerprint density at radius 2 is 2.21 bits per heavy atom. The number of nitroso groups, excluding NO2 is 1. The molecule has 2 aliphatic heterocycles. The largest absolute Gasteiger partial charge is 0.379 e. The van der Waals surface area contributed by atoms with Crippen LogP contribution in [0.3, 0.4) is 0 Å². The molecule has 2 heterocycles. The van der Waals surface area contributed by atoms with Crippen molar-refractivity contribution in [2.45, 2.75) is 12.6 Å². The molecule has 1 atom stereocenters. The summed E-state index contributed by atoms with van der Waals surface area (Å²) in [6.07, 6.45) is 0.949. The van der Waals surface area contributed by atoms with Crippen molar-refractivity contribution in [1.82, 2.24) is 10.2 Å². The molecule has 0 bridgehead atoms. The van der Waals surface area contributed by atoms with Gasteiger partial charge in [-0.1, -0.05) is 0 Å². The van der Waals surface area contributed by atoms with Crippen LogP contribution in [0.4, 0.5) is 0 Å². The molecule has 2 saturated heterocycles. The van der Waals surface area contributed by atoms with Gasteiger partial charge < -0.3 is 4.74 Å². The van der Waals surface area contributed by atoms with Crippen molar-refractivity contribution in [1.29, 1.82) is 0 Å². The lowest BCUT2D eigenvalue weighted by atomic mass is 10.3. The highest BCUT2D eigenvalue weighted by atomic mass is 16.5. The van der Waals surface area contributed by atoms with Gasteiger partial charge in [0.1, 0.15) is 0 Å². The number of nitrogens with zero attached hydrogens (tertiary/aromatic N) is 2. The van der Waals surface area contributed by atoms with Crippen LogP contribution in [-0.2, 0) is 4.74 Å². The zero-order valence-corrected chi connectivity index (χ0v) is 8.45. The van der Waals surface area contributed by atoms with Crippen molar-refractivity contribution < 1.29 is 9.50 Å². The van der Waals surface area contributed by atoms with Crippen LogP contribution in [0.5, 0.6) is 0 Å². The van der Waals surface area contributed by atoms with Gasteiger partial charge in [0.05, 0.1) is 19.8 Å². The molecule has 0 aromatic heterocycles. The van der Waals surface area contributed by atoms with E-state index in [1.807, 2.05) is 0 Å². The number of nitrogens with one attached hydrogen (secondary N) is 1. The molecule has 0 aromatic carbocycles. The third kappa shape index (κ3) is 2.50. The molecule has 0 amide bonds. The quantitative estimate of drug-likeness (QED) is 0.606. The smallest absolute Gasteiger partial charge is 0.267 e. The van der Waals surface area contributed by atoms with E-state index in [2.05, 4.69) is 10.2 Å². The average Bonchev–Trinajstić information content (AvgIpc) is 2.23. The molecule has 0 aromatic rings. The van der Waals surface area contributed by atoms with Gasteiger partial charge in [-0.3, -0.25) is 10.2 Å². The van der Waals surface area contributed by atoms with Crippen molar-refractivity contribution in [3.8, 4) is 0 Å². The van der Waals surface area contributed by atoms with E-state index in [-0.39, 0.29) is 6.17 Å². The molecule has 1 N–H and O–H groups in total. The molecule has 0 radical (unpaired) electrons. The second-order valence-corrected chi connectivity index (χ2v) is 3.88. The highest BCUT2D eigenvalue weighted by molar-refractivity contribution is 4.68. The van der Waals surface area contributed by atoms with Gasteiger partial charge in [0.15, 0.2) is 6.54 Å². The molecule has 0 saturated carbocycles. The van der Waals surface area contributed by atoms with Crippen molar-refractivity contribution >= 4 is 0 Å². The van der Waals surface area contributed by atoms with Gasteiger partial charge in [0.25, 0.3) is 6.17 Å². The summed E-state index contributed by atoms with van der Waals surface area (Å²) in [5.41, 5.74) is 0. The van der Waals surface area contributed by atoms with Gasteiger partial charge in [0.2, 0.25) is 0 Å². The molecule has 2 fully saturated rings.